The maximum absolute atomic E-state index is 12.1. The molecule has 0 bridgehead atoms. The smallest absolute Gasteiger partial charge is 0.302 e. The van der Waals surface area contributed by atoms with E-state index in [1.54, 1.807) is 11.3 Å². The van der Waals surface area contributed by atoms with Crippen LogP contribution in [0.3, 0.4) is 0 Å². The minimum absolute atomic E-state index is 0. The first kappa shape index (κ1) is 20.2. The van der Waals surface area contributed by atoms with Crippen molar-refractivity contribution in [3.63, 3.8) is 0 Å². The maximum Gasteiger partial charge on any atom is 2.00 e. The number of aryl methyl sites for hydroxylation is 2. The SMILES string of the molecule is CCCCCCCCC(=O)Nc1nc2c(s1)CCc1ccccc1-2.[Mn+2]. The van der Waals surface area contributed by atoms with E-state index in [2.05, 4.69) is 41.5 Å². The molecule has 0 unspecified atom stereocenters. The van der Waals surface area contributed by atoms with Crippen LogP contribution in [0.5, 0.6) is 0 Å². The van der Waals surface area contributed by atoms with Gasteiger partial charge in [-0.15, -0.1) is 11.3 Å². The van der Waals surface area contributed by atoms with Gasteiger partial charge < -0.3 is 5.32 Å². The molecule has 3 rings (SSSR count). The zero-order valence-corrected chi connectivity index (χ0v) is 16.8. The first-order chi connectivity index (χ1) is 11.8. The molecule has 0 saturated heterocycles. The Hall–Kier alpha value is -1.16. The molecule has 2 aromatic rings. The second kappa shape index (κ2) is 10.1. The predicted octanol–water partition coefficient (Wildman–Crippen LogP) is 5.60. The summed E-state index contributed by atoms with van der Waals surface area (Å²) in [5, 5.41) is 3.76. The summed E-state index contributed by atoms with van der Waals surface area (Å²) in [5.74, 6) is 0.102. The summed E-state index contributed by atoms with van der Waals surface area (Å²) in [6, 6.07) is 8.45. The summed E-state index contributed by atoms with van der Waals surface area (Å²) in [7, 11) is 0. The number of hydrogen-bond donors (Lipinski definition) is 1. The molecular weight excluding hydrogens is 371 g/mol. The Kier molecular flexibility index (Phi) is 8.14. The van der Waals surface area contributed by atoms with E-state index in [9.17, 15) is 4.79 Å². The molecule has 1 aliphatic rings. The Morgan fingerprint density at radius 1 is 1.12 bits per heavy atom. The first-order valence-electron chi connectivity index (χ1n) is 9.15. The molecule has 1 N–H and O–H groups in total. The summed E-state index contributed by atoms with van der Waals surface area (Å²) in [5.41, 5.74) is 3.66. The van der Waals surface area contributed by atoms with Crippen LogP contribution in [0.4, 0.5) is 5.13 Å². The second-order valence-corrected chi connectivity index (χ2v) is 7.60. The van der Waals surface area contributed by atoms with E-state index in [1.165, 1.54) is 41.7 Å². The van der Waals surface area contributed by atoms with Gasteiger partial charge >= 0.3 is 17.1 Å². The fourth-order valence-corrected chi connectivity index (χ4v) is 4.24. The van der Waals surface area contributed by atoms with Crippen molar-refractivity contribution in [2.75, 3.05) is 5.32 Å². The molecule has 25 heavy (non-hydrogen) atoms. The molecule has 133 valence electrons. The number of thiazole rings is 1. The van der Waals surface area contributed by atoms with Gasteiger partial charge in [-0.1, -0.05) is 63.3 Å². The van der Waals surface area contributed by atoms with E-state index in [1.807, 2.05) is 0 Å². The summed E-state index contributed by atoms with van der Waals surface area (Å²) in [6.45, 7) is 2.22. The number of carbonyl (C=O) groups excluding carboxylic acids is 1. The average molecular weight is 397 g/mol. The Morgan fingerprint density at radius 2 is 1.88 bits per heavy atom. The standard InChI is InChI=1S/C20H26N2OS.Mn/c1-2-3-4-5-6-7-12-18(23)21-20-22-19-16-11-9-8-10-15(16)13-14-17(19)24-20;/h8-11H,2-7,12-14H2,1H3,(H,21,22,23);/q;+2. The van der Waals surface area contributed by atoms with Crippen LogP contribution in [0.15, 0.2) is 24.3 Å². The van der Waals surface area contributed by atoms with Gasteiger partial charge in [0.1, 0.15) is 0 Å². The topological polar surface area (TPSA) is 42.0 Å². The molecule has 1 heterocycles. The number of amides is 1. The number of nitrogens with zero attached hydrogens (tertiary/aromatic N) is 1. The van der Waals surface area contributed by atoms with Gasteiger partial charge in [-0.25, -0.2) is 4.98 Å². The number of unbranched alkanes of at least 4 members (excludes halogenated alkanes) is 5. The van der Waals surface area contributed by atoms with Crippen molar-refractivity contribution in [3.8, 4) is 11.3 Å². The van der Waals surface area contributed by atoms with Gasteiger partial charge in [0.05, 0.1) is 5.69 Å². The van der Waals surface area contributed by atoms with Gasteiger partial charge in [-0.3, -0.25) is 4.79 Å². The van der Waals surface area contributed by atoms with E-state index >= 15 is 0 Å². The molecule has 5 heteroatoms. The summed E-state index contributed by atoms with van der Waals surface area (Å²) < 4.78 is 0. The van der Waals surface area contributed by atoms with Crippen LogP contribution in [0.1, 0.15) is 62.3 Å². The van der Waals surface area contributed by atoms with Crippen molar-refractivity contribution in [2.24, 2.45) is 0 Å². The van der Waals surface area contributed by atoms with Gasteiger partial charge in [0.25, 0.3) is 0 Å². The quantitative estimate of drug-likeness (QED) is 0.466. The number of rotatable bonds is 8. The third-order valence-corrected chi connectivity index (χ3v) is 5.63. The molecule has 0 saturated carbocycles. The monoisotopic (exact) mass is 397 g/mol. The van der Waals surface area contributed by atoms with Crippen LogP contribution in [-0.2, 0) is 34.7 Å². The van der Waals surface area contributed by atoms with Crippen LogP contribution >= 0.6 is 11.3 Å². The molecule has 3 nitrogen and oxygen atoms in total. The molecule has 1 aromatic carbocycles. The number of carbonyl (C=O) groups is 1. The molecule has 0 atom stereocenters. The number of anilines is 1. The van der Waals surface area contributed by atoms with Crippen molar-refractivity contribution in [1.29, 1.82) is 0 Å². The predicted molar refractivity (Wildman–Crippen MR) is 102 cm³/mol. The number of hydrogen-bond acceptors (Lipinski definition) is 3. The molecular formula is C20H26MnN2OS+2. The first-order valence-corrected chi connectivity index (χ1v) is 9.97. The van der Waals surface area contributed by atoms with Crippen molar-refractivity contribution >= 4 is 22.4 Å². The number of fused-ring (bicyclic) bond motifs is 3. The fraction of sp³-hybridized carbons (Fsp3) is 0.500. The van der Waals surface area contributed by atoms with Crippen LogP contribution in [0.25, 0.3) is 11.3 Å². The maximum atomic E-state index is 12.1. The average Bonchev–Trinajstić information content (AvgIpc) is 3.01. The third-order valence-electron chi connectivity index (χ3n) is 4.59. The number of benzene rings is 1. The Balaban J connectivity index is 0.00000225. The van der Waals surface area contributed by atoms with Crippen molar-refractivity contribution in [2.45, 2.75) is 64.7 Å². The molecule has 1 amide bonds. The summed E-state index contributed by atoms with van der Waals surface area (Å²) in [4.78, 5) is 18.1. The van der Waals surface area contributed by atoms with Crippen LogP contribution < -0.4 is 5.32 Å². The van der Waals surface area contributed by atoms with E-state index in [0.29, 0.717) is 6.42 Å². The minimum Gasteiger partial charge on any atom is -0.302 e. The second-order valence-electron chi connectivity index (χ2n) is 6.51. The Labute approximate surface area is 165 Å². The number of nitrogens with one attached hydrogen (secondary N) is 1. The Bertz CT molecular complexity index is 699. The van der Waals surface area contributed by atoms with Crippen LogP contribution in [0.2, 0.25) is 0 Å². The van der Waals surface area contributed by atoms with E-state index in [0.717, 1.165) is 36.5 Å². The van der Waals surface area contributed by atoms with Crippen molar-refractivity contribution < 1.29 is 21.9 Å². The zero-order chi connectivity index (χ0) is 16.8. The molecule has 0 fully saturated rings. The largest absolute Gasteiger partial charge is 2.00 e. The van der Waals surface area contributed by atoms with Gasteiger partial charge in [0.2, 0.25) is 5.91 Å². The fourth-order valence-electron chi connectivity index (χ4n) is 3.25. The van der Waals surface area contributed by atoms with E-state index in [4.69, 9.17) is 0 Å². The molecule has 1 aromatic heterocycles. The van der Waals surface area contributed by atoms with E-state index < -0.39 is 0 Å². The minimum atomic E-state index is 0. The Morgan fingerprint density at radius 3 is 2.72 bits per heavy atom. The molecule has 1 radical (unpaired) electrons. The van der Waals surface area contributed by atoms with Gasteiger partial charge in [-0.2, -0.15) is 0 Å². The molecule has 1 aliphatic carbocycles. The van der Waals surface area contributed by atoms with E-state index in [-0.39, 0.29) is 23.0 Å². The van der Waals surface area contributed by atoms with Crippen molar-refractivity contribution in [3.05, 3.63) is 34.7 Å². The molecule has 0 aliphatic heterocycles. The van der Waals surface area contributed by atoms with Crippen molar-refractivity contribution in [1.82, 2.24) is 4.98 Å². The van der Waals surface area contributed by atoms with Gasteiger partial charge in [0.15, 0.2) is 5.13 Å². The molecule has 0 spiro atoms. The van der Waals surface area contributed by atoms with Crippen LogP contribution in [0, 0.1) is 0 Å². The third kappa shape index (κ3) is 5.40. The number of aromatic nitrogens is 1. The normalized spacial score (nSPS) is 12.0. The van der Waals surface area contributed by atoms with Gasteiger partial charge in [0, 0.05) is 16.9 Å². The summed E-state index contributed by atoms with van der Waals surface area (Å²) >= 11 is 1.63. The van der Waals surface area contributed by atoms with Crippen LogP contribution in [-0.4, -0.2) is 10.9 Å². The summed E-state index contributed by atoms with van der Waals surface area (Å²) in [6.07, 6.45) is 9.91. The zero-order valence-electron chi connectivity index (χ0n) is 14.8. The van der Waals surface area contributed by atoms with Gasteiger partial charge in [-0.05, 0) is 24.8 Å².